The smallest absolute Gasteiger partial charge is 0.166 e. The molecule has 0 amide bonds. The summed E-state index contributed by atoms with van der Waals surface area (Å²) in [5, 5.41) is 7.31. The molecule has 0 spiro atoms. The van der Waals surface area contributed by atoms with Crippen LogP contribution >= 0.6 is 0 Å². The molecule has 2 bridgehead atoms. The fourth-order valence-corrected chi connectivity index (χ4v) is 3.96. The number of anilines is 1. The Balaban J connectivity index is 1.79. The molecule has 0 saturated carbocycles. The van der Waals surface area contributed by atoms with Gasteiger partial charge in [0.2, 0.25) is 0 Å². The first-order valence-electron chi connectivity index (χ1n) is 11.3. The average Bonchev–Trinajstić information content (AvgIpc) is 3.39. The van der Waals surface area contributed by atoms with Gasteiger partial charge in [-0.25, -0.2) is 13.9 Å². The number of hydrogen-bond acceptors (Lipinski definition) is 5. The molecule has 1 N–H and O–H groups in total. The van der Waals surface area contributed by atoms with E-state index in [9.17, 15) is 4.39 Å². The summed E-state index contributed by atoms with van der Waals surface area (Å²) in [5.41, 5.74) is 1.80. The van der Waals surface area contributed by atoms with Gasteiger partial charge in [-0.2, -0.15) is 5.10 Å². The van der Waals surface area contributed by atoms with Crippen molar-refractivity contribution in [3.8, 4) is 0 Å². The summed E-state index contributed by atoms with van der Waals surface area (Å²) in [6.45, 7) is 6.24. The Morgan fingerprint density at radius 1 is 1.39 bits per heavy atom. The third kappa shape index (κ3) is 2.82. The predicted octanol–water partition coefficient (Wildman–Crippen LogP) is 3.50. The van der Waals surface area contributed by atoms with E-state index in [1.54, 1.807) is 23.8 Å². The van der Waals surface area contributed by atoms with Crippen LogP contribution in [0.3, 0.4) is 0 Å². The summed E-state index contributed by atoms with van der Waals surface area (Å²) < 4.78 is 50.9. The highest BCUT2D eigenvalue weighted by Gasteiger charge is 2.30. The lowest BCUT2D eigenvalue weighted by Gasteiger charge is -2.27. The Kier molecular flexibility index (Phi) is 3.12. The maximum Gasteiger partial charge on any atom is 0.166 e. The van der Waals surface area contributed by atoms with Crippen molar-refractivity contribution in [3.63, 3.8) is 0 Å². The SMILES string of the molecule is [2H]C1([2H])c2ncc(F)cc2[C@H]2CCCN2c2ccn3ncc(c3n2)C(=C)N[C@H](C)C1([2H])[2H]. The molecule has 3 aromatic rings. The Morgan fingerprint density at radius 2 is 2.29 bits per heavy atom. The highest BCUT2D eigenvalue weighted by atomic mass is 19.1. The van der Waals surface area contributed by atoms with Crippen LogP contribution in [-0.2, 0) is 6.37 Å². The largest absolute Gasteiger partial charge is 0.382 e. The number of rotatable bonds is 0. The van der Waals surface area contributed by atoms with E-state index in [0.29, 0.717) is 41.3 Å². The molecular formula is C21H23FN6. The first kappa shape index (κ1) is 13.3. The number of halogens is 1. The Bertz CT molecular complexity index is 1230. The molecule has 0 aliphatic carbocycles. The summed E-state index contributed by atoms with van der Waals surface area (Å²) in [7, 11) is 0. The zero-order valence-corrected chi connectivity index (χ0v) is 15.5. The number of fused-ring (bicyclic) bond motifs is 5. The molecule has 144 valence electrons. The second-order valence-electron chi connectivity index (χ2n) is 7.17. The van der Waals surface area contributed by atoms with E-state index in [1.807, 2.05) is 11.0 Å². The highest BCUT2D eigenvalue weighted by molar-refractivity contribution is 5.74. The number of nitrogens with one attached hydrogen (secondary N) is 1. The predicted molar refractivity (Wildman–Crippen MR) is 106 cm³/mol. The zero-order chi connectivity index (χ0) is 22.8. The third-order valence-corrected chi connectivity index (χ3v) is 5.27. The summed E-state index contributed by atoms with van der Waals surface area (Å²) in [5.74, 6) is 0.0675. The highest BCUT2D eigenvalue weighted by Crippen LogP contribution is 2.37. The molecule has 5 rings (SSSR count). The topological polar surface area (TPSA) is 58.4 Å². The second-order valence-corrected chi connectivity index (χ2v) is 7.17. The van der Waals surface area contributed by atoms with Crippen molar-refractivity contribution in [1.82, 2.24) is 24.9 Å². The summed E-state index contributed by atoms with van der Waals surface area (Å²) >= 11 is 0. The lowest BCUT2D eigenvalue weighted by molar-refractivity contribution is 0.575. The summed E-state index contributed by atoms with van der Waals surface area (Å²) in [6, 6.07) is 1.73. The van der Waals surface area contributed by atoms with Gasteiger partial charge in [-0.3, -0.25) is 4.98 Å². The van der Waals surface area contributed by atoms with Crippen molar-refractivity contribution in [3.05, 3.63) is 59.9 Å². The van der Waals surface area contributed by atoms with Crippen LogP contribution in [0, 0.1) is 5.82 Å². The number of nitrogens with zero attached hydrogens (tertiary/aromatic N) is 5. The van der Waals surface area contributed by atoms with Crippen LogP contribution in [0.2, 0.25) is 0 Å². The molecule has 2 atom stereocenters. The van der Waals surface area contributed by atoms with Gasteiger partial charge in [0.1, 0.15) is 11.6 Å². The number of aromatic nitrogens is 4. The van der Waals surface area contributed by atoms with Gasteiger partial charge in [-0.15, -0.1) is 0 Å². The normalized spacial score (nSPS) is 27.9. The number of aryl methyl sites for hydroxylation is 1. The molecule has 1 saturated heterocycles. The molecule has 2 aliphatic heterocycles. The molecule has 28 heavy (non-hydrogen) atoms. The quantitative estimate of drug-likeness (QED) is 0.645. The molecule has 2 aliphatic rings. The van der Waals surface area contributed by atoms with Crippen molar-refractivity contribution in [2.75, 3.05) is 11.4 Å². The molecule has 1 fully saturated rings. The van der Waals surface area contributed by atoms with E-state index >= 15 is 0 Å². The minimum Gasteiger partial charge on any atom is -0.382 e. The van der Waals surface area contributed by atoms with E-state index < -0.39 is 24.6 Å². The lowest BCUT2D eigenvalue weighted by atomic mass is 9.98. The molecule has 3 aromatic heterocycles. The molecule has 5 heterocycles. The van der Waals surface area contributed by atoms with Crippen molar-refractivity contribution < 1.29 is 9.87 Å². The van der Waals surface area contributed by atoms with Crippen LogP contribution in [0.25, 0.3) is 11.3 Å². The van der Waals surface area contributed by atoms with Gasteiger partial charge in [0.05, 0.1) is 24.0 Å². The minimum atomic E-state index is -2.51. The minimum absolute atomic E-state index is 0.0941. The Hall–Kier alpha value is -2.96. The van der Waals surface area contributed by atoms with E-state index in [2.05, 4.69) is 22.0 Å². The van der Waals surface area contributed by atoms with E-state index in [4.69, 9.17) is 10.5 Å². The fraction of sp³-hybridized carbons (Fsp3) is 0.381. The molecule has 6 nitrogen and oxygen atoms in total. The van der Waals surface area contributed by atoms with E-state index in [1.165, 1.54) is 6.07 Å². The van der Waals surface area contributed by atoms with Crippen molar-refractivity contribution >= 4 is 17.2 Å². The standard InChI is InChI=1S/C21H23FN6/c1-13-5-6-18-16(10-15(22)11-23-18)19-4-3-8-27(19)20-7-9-28-21(26-20)17(12-24-28)14(2)25-13/h7,9-13,19,25H,2-6,8H2,1H3/t13-,19-/m1/s1/i5D2,6D2. The fourth-order valence-electron chi connectivity index (χ4n) is 3.96. The van der Waals surface area contributed by atoms with Gasteiger partial charge in [-0.1, -0.05) is 6.58 Å². The number of hydrogen-bond donors (Lipinski definition) is 1. The van der Waals surface area contributed by atoms with Crippen molar-refractivity contribution in [1.29, 1.82) is 0 Å². The molecular weight excluding hydrogens is 355 g/mol. The maximum atomic E-state index is 14.3. The van der Waals surface area contributed by atoms with Gasteiger partial charge >= 0.3 is 0 Å². The molecule has 0 radical (unpaired) electrons. The molecule has 7 heteroatoms. The van der Waals surface area contributed by atoms with Crippen molar-refractivity contribution in [2.24, 2.45) is 0 Å². The first-order chi connectivity index (χ1) is 15.1. The molecule has 0 unspecified atom stereocenters. The van der Waals surface area contributed by atoms with Crippen molar-refractivity contribution in [2.45, 2.75) is 44.6 Å². The van der Waals surface area contributed by atoms with Gasteiger partial charge in [0, 0.05) is 35.7 Å². The monoisotopic (exact) mass is 382 g/mol. The van der Waals surface area contributed by atoms with Gasteiger partial charge < -0.3 is 10.2 Å². The Labute approximate surface area is 168 Å². The van der Waals surface area contributed by atoms with Crippen LogP contribution in [0.5, 0.6) is 0 Å². The van der Waals surface area contributed by atoms with Gasteiger partial charge in [0.25, 0.3) is 0 Å². The number of pyridine rings is 1. The molecule has 0 aromatic carbocycles. The maximum absolute atomic E-state index is 14.3. The van der Waals surface area contributed by atoms with Crippen LogP contribution in [0.4, 0.5) is 10.2 Å². The second kappa shape index (κ2) is 6.58. The van der Waals surface area contributed by atoms with Gasteiger partial charge in [0.15, 0.2) is 5.65 Å². The van der Waals surface area contributed by atoms with Gasteiger partial charge in [-0.05, 0) is 50.2 Å². The third-order valence-electron chi connectivity index (χ3n) is 5.27. The average molecular weight is 382 g/mol. The summed E-state index contributed by atoms with van der Waals surface area (Å²) in [4.78, 5) is 10.9. The van der Waals surface area contributed by atoms with Crippen LogP contribution < -0.4 is 10.2 Å². The van der Waals surface area contributed by atoms with Crippen LogP contribution in [0.1, 0.15) is 54.5 Å². The van der Waals surface area contributed by atoms with Crippen LogP contribution in [0.15, 0.2) is 37.3 Å². The van der Waals surface area contributed by atoms with E-state index in [0.717, 1.165) is 12.6 Å². The lowest BCUT2D eigenvalue weighted by Crippen LogP contribution is -2.26. The van der Waals surface area contributed by atoms with E-state index in [-0.39, 0.29) is 11.7 Å². The zero-order valence-electron chi connectivity index (χ0n) is 19.5. The van der Waals surface area contributed by atoms with Crippen LogP contribution in [-0.4, -0.2) is 32.2 Å². The Morgan fingerprint density at radius 3 is 3.18 bits per heavy atom. The first-order valence-corrected chi connectivity index (χ1v) is 9.34. The summed E-state index contributed by atoms with van der Waals surface area (Å²) in [6.07, 6.45) is 0.887.